The molecule has 0 saturated carbocycles. The summed E-state index contributed by atoms with van der Waals surface area (Å²) in [6.45, 7) is 4.62. The number of hydrogen-bond acceptors (Lipinski definition) is 6. The maximum absolute atomic E-state index is 12.7. The van der Waals surface area contributed by atoms with Crippen molar-refractivity contribution in [3.63, 3.8) is 0 Å². The molecular formula is C24H28N4O3S. The van der Waals surface area contributed by atoms with Gasteiger partial charge in [0.05, 0.1) is 12.3 Å². The average Bonchev–Trinajstić information content (AvgIpc) is 2.81. The van der Waals surface area contributed by atoms with Crippen LogP contribution < -0.4 is 15.4 Å². The molecule has 7 nitrogen and oxygen atoms in total. The fraction of sp³-hybridized carbons (Fsp3) is 0.333. The van der Waals surface area contributed by atoms with Crippen LogP contribution in [-0.4, -0.2) is 34.6 Å². The van der Waals surface area contributed by atoms with Gasteiger partial charge in [0.25, 0.3) is 0 Å². The van der Waals surface area contributed by atoms with Gasteiger partial charge in [-0.1, -0.05) is 55.4 Å². The Hall–Kier alpha value is -3.13. The Morgan fingerprint density at radius 2 is 1.91 bits per heavy atom. The largest absolute Gasteiger partial charge is 0.494 e. The fourth-order valence-corrected chi connectivity index (χ4v) is 4.03. The summed E-state index contributed by atoms with van der Waals surface area (Å²) < 4.78 is 5.41. The van der Waals surface area contributed by atoms with Gasteiger partial charge in [0, 0.05) is 12.1 Å². The molecule has 2 aromatic rings. The molecule has 2 amide bonds. The summed E-state index contributed by atoms with van der Waals surface area (Å²) in [5.74, 6) is 0.237. The van der Waals surface area contributed by atoms with Crippen LogP contribution in [0.2, 0.25) is 0 Å². The molecule has 0 unspecified atom stereocenters. The maximum Gasteiger partial charge on any atom is 0.238 e. The molecule has 1 atom stereocenters. The van der Waals surface area contributed by atoms with Gasteiger partial charge in [0.15, 0.2) is 5.17 Å². The number of hydrogen-bond donors (Lipinski definition) is 2. The van der Waals surface area contributed by atoms with Gasteiger partial charge in [0.1, 0.15) is 11.0 Å². The zero-order valence-electron chi connectivity index (χ0n) is 18.3. The number of unbranched alkanes of at least 4 members (excludes halogenated alkanes) is 1. The van der Waals surface area contributed by atoms with E-state index in [1.165, 1.54) is 11.8 Å². The van der Waals surface area contributed by atoms with E-state index >= 15 is 0 Å². The van der Waals surface area contributed by atoms with Crippen molar-refractivity contribution >= 4 is 40.1 Å². The Bertz CT molecular complexity index is 974. The number of nitrogens with one attached hydrogen (secondary N) is 2. The molecule has 0 bridgehead atoms. The first-order valence-electron chi connectivity index (χ1n) is 10.8. The van der Waals surface area contributed by atoms with Gasteiger partial charge in [-0.25, -0.2) is 0 Å². The third-order valence-corrected chi connectivity index (χ3v) is 5.80. The zero-order valence-corrected chi connectivity index (χ0v) is 19.2. The molecule has 2 aromatic carbocycles. The van der Waals surface area contributed by atoms with E-state index in [4.69, 9.17) is 4.74 Å². The van der Waals surface area contributed by atoms with Crippen molar-refractivity contribution in [2.75, 3.05) is 11.9 Å². The van der Waals surface area contributed by atoms with E-state index in [2.05, 4.69) is 27.8 Å². The summed E-state index contributed by atoms with van der Waals surface area (Å²) in [4.78, 5) is 24.9. The van der Waals surface area contributed by atoms with Crippen LogP contribution in [-0.2, 0) is 9.59 Å². The molecule has 0 spiro atoms. The van der Waals surface area contributed by atoms with Crippen molar-refractivity contribution < 1.29 is 14.3 Å². The second-order valence-corrected chi connectivity index (χ2v) is 8.42. The third kappa shape index (κ3) is 6.95. The lowest BCUT2D eigenvalue weighted by atomic mass is 10.1. The highest BCUT2D eigenvalue weighted by Crippen LogP contribution is 2.23. The summed E-state index contributed by atoms with van der Waals surface area (Å²) in [6.07, 6.45) is 2.90. The number of amidine groups is 1. The van der Waals surface area contributed by atoms with Gasteiger partial charge in [-0.2, -0.15) is 5.10 Å². The number of anilines is 1. The summed E-state index contributed by atoms with van der Waals surface area (Å²) >= 11 is 1.21. The van der Waals surface area contributed by atoms with Crippen LogP contribution in [0.25, 0.3) is 0 Å². The SMILES string of the molecule is CCCC/C(=N\N=C1/NC(=O)C[C@H](C(=O)Nc2ccc(OCC)cc2)S1)c1ccccc1. The lowest BCUT2D eigenvalue weighted by molar-refractivity contribution is -0.123. The first-order chi connectivity index (χ1) is 15.6. The molecular weight excluding hydrogens is 424 g/mol. The highest BCUT2D eigenvalue weighted by molar-refractivity contribution is 8.15. The lowest BCUT2D eigenvalue weighted by Crippen LogP contribution is -2.41. The van der Waals surface area contributed by atoms with Crippen molar-refractivity contribution in [1.29, 1.82) is 0 Å². The molecule has 1 aliphatic rings. The molecule has 0 radical (unpaired) electrons. The Morgan fingerprint density at radius 3 is 2.59 bits per heavy atom. The highest BCUT2D eigenvalue weighted by atomic mass is 32.2. The normalized spacial score (nSPS) is 17.7. The van der Waals surface area contributed by atoms with E-state index in [-0.39, 0.29) is 18.2 Å². The predicted octanol–water partition coefficient (Wildman–Crippen LogP) is 4.60. The van der Waals surface area contributed by atoms with Crippen LogP contribution in [0.1, 0.15) is 45.1 Å². The van der Waals surface area contributed by atoms with Gasteiger partial charge in [-0.3, -0.25) is 9.59 Å². The topological polar surface area (TPSA) is 92.2 Å². The van der Waals surface area contributed by atoms with Crippen molar-refractivity contribution in [3.8, 4) is 5.75 Å². The van der Waals surface area contributed by atoms with E-state index in [1.807, 2.05) is 37.3 Å². The minimum absolute atomic E-state index is 0.0810. The van der Waals surface area contributed by atoms with Gasteiger partial charge >= 0.3 is 0 Å². The zero-order chi connectivity index (χ0) is 22.8. The quantitative estimate of drug-likeness (QED) is 0.430. The van der Waals surface area contributed by atoms with Gasteiger partial charge < -0.3 is 15.4 Å². The van der Waals surface area contributed by atoms with E-state index in [0.29, 0.717) is 17.5 Å². The maximum atomic E-state index is 12.7. The monoisotopic (exact) mass is 452 g/mol. The molecule has 0 aliphatic carbocycles. The third-order valence-electron chi connectivity index (χ3n) is 4.73. The Balaban J connectivity index is 1.70. The number of amides is 2. The Morgan fingerprint density at radius 1 is 1.16 bits per heavy atom. The van der Waals surface area contributed by atoms with Crippen LogP contribution in [0.15, 0.2) is 64.8 Å². The fourth-order valence-electron chi connectivity index (χ4n) is 3.10. The van der Waals surface area contributed by atoms with Crippen molar-refractivity contribution in [2.24, 2.45) is 10.2 Å². The highest BCUT2D eigenvalue weighted by Gasteiger charge is 2.30. The molecule has 3 rings (SSSR count). The summed E-state index contributed by atoms with van der Waals surface area (Å²) in [6, 6.07) is 17.0. The molecule has 0 aromatic heterocycles. The van der Waals surface area contributed by atoms with Crippen molar-refractivity contribution in [1.82, 2.24) is 5.32 Å². The smallest absolute Gasteiger partial charge is 0.238 e. The number of carbonyl (C=O) groups excluding carboxylic acids is 2. The Labute approximate surface area is 192 Å². The second-order valence-electron chi connectivity index (χ2n) is 7.23. The summed E-state index contributed by atoms with van der Waals surface area (Å²) in [7, 11) is 0. The number of nitrogens with zero attached hydrogens (tertiary/aromatic N) is 2. The number of thioether (sulfide) groups is 1. The molecule has 8 heteroatoms. The average molecular weight is 453 g/mol. The lowest BCUT2D eigenvalue weighted by Gasteiger charge is -2.21. The molecule has 1 heterocycles. The van der Waals surface area contributed by atoms with Gasteiger partial charge in [-0.15, -0.1) is 5.10 Å². The number of rotatable bonds is 9. The van der Waals surface area contributed by atoms with E-state index < -0.39 is 5.25 Å². The Kier molecular flexibility index (Phi) is 8.86. The van der Waals surface area contributed by atoms with Crippen LogP contribution in [0.5, 0.6) is 5.75 Å². The first-order valence-corrected chi connectivity index (χ1v) is 11.7. The van der Waals surface area contributed by atoms with Gasteiger partial charge in [0.2, 0.25) is 11.8 Å². The van der Waals surface area contributed by atoms with E-state index in [9.17, 15) is 9.59 Å². The number of carbonyl (C=O) groups is 2. The summed E-state index contributed by atoms with van der Waals surface area (Å²) in [5, 5.41) is 14.0. The summed E-state index contributed by atoms with van der Waals surface area (Å²) in [5.41, 5.74) is 2.51. The molecule has 2 N–H and O–H groups in total. The van der Waals surface area contributed by atoms with Crippen LogP contribution >= 0.6 is 11.8 Å². The van der Waals surface area contributed by atoms with Gasteiger partial charge in [-0.05, 0) is 49.6 Å². The van der Waals surface area contributed by atoms with Crippen LogP contribution in [0, 0.1) is 0 Å². The molecule has 1 saturated heterocycles. The minimum atomic E-state index is -0.583. The van der Waals surface area contributed by atoms with Crippen LogP contribution in [0.4, 0.5) is 5.69 Å². The van der Waals surface area contributed by atoms with Crippen molar-refractivity contribution in [2.45, 2.75) is 44.8 Å². The second kappa shape index (κ2) is 12.0. The van der Waals surface area contributed by atoms with E-state index in [1.54, 1.807) is 24.3 Å². The standard InChI is InChI=1S/C24H28N4O3S/c1-3-5-11-20(17-9-7-6-8-10-17)27-28-24-26-22(29)16-21(32-24)23(30)25-18-12-14-19(15-13-18)31-4-2/h6-10,12-15,21H,3-5,11,16H2,1-2H3,(H,25,30)(H,26,28,29)/b27-20+/t21-/m1/s1. The predicted molar refractivity (Wildman–Crippen MR) is 130 cm³/mol. The minimum Gasteiger partial charge on any atom is -0.494 e. The molecule has 32 heavy (non-hydrogen) atoms. The first kappa shape index (κ1) is 23.5. The van der Waals surface area contributed by atoms with Crippen molar-refractivity contribution in [3.05, 3.63) is 60.2 Å². The molecule has 1 aliphatic heterocycles. The molecule has 1 fully saturated rings. The van der Waals surface area contributed by atoms with Crippen LogP contribution in [0.3, 0.4) is 0 Å². The number of benzene rings is 2. The number of ether oxygens (including phenoxy) is 1. The molecule has 168 valence electrons. The van der Waals surface area contributed by atoms with E-state index in [0.717, 1.165) is 36.3 Å².